The van der Waals surface area contributed by atoms with Crippen molar-refractivity contribution in [1.82, 2.24) is 0 Å². The first kappa shape index (κ1) is 14.9. The minimum absolute atomic E-state index is 0.285. The summed E-state index contributed by atoms with van der Waals surface area (Å²) in [5.74, 6) is 0. The minimum Gasteiger partial charge on any atom is -0.324 e. The highest BCUT2D eigenvalue weighted by Gasteiger charge is 2.28. The molecule has 0 aromatic heterocycles. The van der Waals surface area contributed by atoms with E-state index in [0.717, 1.165) is 0 Å². The van der Waals surface area contributed by atoms with Gasteiger partial charge in [-0.1, -0.05) is 43.0 Å². The van der Waals surface area contributed by atoms with Gasteiger partial charge in [0.05, 0.1) is 0 Å². The Hall–Kier alpha value is -1.12. The number of hydrogen-bond donors (Lipinski definition) is 2. The molecule has 0 radical (unpaired) electrons. The van der Waals surface area contributed by atoms with E-state index in [1.54, 1.807) is 0 Å². The van der Waals surface area contributed by atoms with Gasteiger partial charge in [-0.2, -0.15) is 0 Å². The Balaban J connectivity index is 0.000000281. The normalized spacial score (nSPS) is 11.4. The van der Waals surface area contributed by atoms with Crippen molar-refractivity contribution in [2.45, 2.75) is 38.8 Å². The molecule has 2 heteroatoms. The van der Waals surface area contributed by atoms with E-state index < -0.39 is 0 Å². The summed E-state index contributed by atoms with van der Waals surface area (Å²) >= 11 is 0. The molecular weight excluding hydrogens is 196 g/mol. The van der Waals surface area contributed by atoms with Crippen LogP contribution in [0.5, 0.6) is 0 Å². The molecule has 0 saturated heterocycles. The molecule has 1 rings (SSSR count). The van der Waals surface area contributed by atoms with Gasteiger partial charge < -0.3 is 11.5 Å². The Labute approximate surface area is 99.3 Å². The van der Waals surface area contributed by atoms with Gasteiger partial charge in [0, 0.05) is 11.1 Å². The molecule has 0 amide bonds. The van der Waals surface area contributed by atoms with Crippen molar-refractivity contribution in [3.8, 4) is 0 Å². The molecule has 2 nitrogen and oxygen atoms in total. The molecule has 0 heterocycles. The average molecular weight is 220 g/mol. The van der Waals surface area contributed by atoms with Crippen LogP contribution in [0.4, 0.5) is 0 Å². The lowest BCUT2D eigenvalue weighted by Gasteiger charge is -2.34. The van der Waals surface area contributed by atoms with E-state index in [1.807, 2.05) is 64.1 Å². The summed E-state index contributed by atoms with van der Waals surface area (Å²) in [4.78, 5) is 0. The molecule has 0 aliphatic rings. The van der Waals surface area contributed by atoms with Gasteiger partial charge in [-0.15, -0.1) is 0 Å². The van der Waals surface area contributed by atoms with Crippen LogP contribution in [-0.4, -0.2) is 11.1 Å². The van der Waals surface area contributed by atoms with Crippen molar-refractivity contribution < 1.29 is 0 Å². The topological polar surface area (TPSA) is 52.0 Å². The minimum atomic E-state index is -0.285. The van der Waals surface area contributed by atoms with Gasteiger partial charge in [0.2, 0.25) is 0 Å². The van der Waals surface area contributed by atoms with Crippen molar-refractivity contribution in [3.05, 3.63) is 42.5 Å². The molecule has 0 fully saturated rings. The summed E-state index contributed by atoms with van der Waals surface area (Å²) < 4.78 is 0. The zero-order chi connectivity index (χ0) is 12.8. The maximum absolute atomic E-state index is 5.69. The molecule has 4 N–H and O–H groups in total. The van der Waals surface area contributed by atoms with Crippen LogP contribution in [0.3, 0.4) is 0 Å². The molecule has 0 spiro atoms. The molecule has 0 saturated carbocycles. The second kappa shape index (κ2) is 5.83. The van der Waals surface area contributed by atoms with E-state index in [9.17, 15) is 0 Å². The standard InChI is InChI=1S/C8H8.C6H16N2/c1-2-8-6-4-3-5-7-8;1-5(2,7)6(3,4)8/h2-7H,1H2;7-8H2,1-4H3. The lowest BCUT2D eigenvalue weighted by Crippen LogP contribution is -2.58. The summed E-state index contributed by atoms with van der Waals surface area (Å²) in [5.41, 5.74) is 12.0. The van der Waals surface area contributed by atoms with Gasteiger partial charge in [0.1, 0.15) is 0 Å². The maximum Gasteiger partial charge on any atom is 0.0274 e. The van der Waals surface area contributed by atoms with E-state index in [1.165, 1.54) is 5.56 Å². The SMILES string of the molecule is C=Cc1ccccc1.CC(C)(N)C(C)(C)N. The van der Waals surface area contributed by atoms with Crippen LogP contribution < -0.4 is 11.5 Å². The van der Waals surface area contributed by atoms with Gasteiger partial charge in [0.15, 0.2) is 0 Å². The van der Waals surface area contributed by atoms with Crippen molar-refractivity contribution in [3.63, 3.8) is 0 Å². The fourth-order valence-corrected chi connectivity index (χ4v) is 0.589. The van der Waals surface area contributed by atoms with Crippen LogP contribution in [0.2, 0.25) is 0 Å². The monoisotopic (exact) mass is 220 g/mol. The highest BCUT2D eigenvalue weighted by atomic mass is 14.9. The molecule has 1 aromatic carbocycles. The fourth-order valence-electron chi connectivity index (χ4n) is 0.589. The van der Waals surface area contributed by atoms with Crippen molar-refractivity contribution in [2.24, 2.45) is 11.5 Å². The van der Waals surface area contributed by atoms with Crippen LogP contribution in [0.25, 0.3) is 6.08 Å². The molecule has 0 bridgehead atoms. The average Bonchev–Trinajstić information content (AvgIpc) is 2.17. The van der Waals surface area contributed by atoms with E-state index in [0.29, 0.717) is 0 Å². The molecule has 16 heavy (non-hydrogen) atoms. The van der Waals surface area contributed by atoms with Gasteiger partial charge >= 0.3 is 0 Å². The lowest BCUT2D eigenvalue weighted by atomic mass is 9.85. The van der Waals surface area contributed by atoms with Gasteiger partial charge in [-0.3, -0.25) is 0 Å². The van der Waals surface area contributed by atoms with E-state index in [4.69, 9.17) is 11.5 Å². The van der Waals surface area contributed by atoms with Gasteiger partial charge in [-0.05, 0) is 33.3 Å². The molecule has 0 atom stereocenters. The second-order valence-corrected chi connectivity index (χ2v) is 5.06. The largest absolute Gasteiger partial charge is 0.324 e. The summed E-state index contributed by atoms with van der Waals surface area (Å²) in [6.07, 6.45) is 1.83. The summed E-state index contributed by atoms with van der Waals surface area (Å²) in [6, 6.07) is 10.0. The predicted molar refractivity (Wildman–Crippen MR) is 73.1 cm³/mol. The molecule has 0 aliphatic heterocycles. The predicted octanol–water partition coefficient (Wildman–Crippen LogP) is 2.79. The van der Waals surface area contributed by atoms with E-state index in [2.05, 4.69) is 6.58 Å². The Kier molecular flexibility index (Phi) is 5.42. The van der Waals surface area contributed by atoms with Gasteiger partial charge in [-0.25, -0.2) is 0 Å². The van der Waals surface area contributed by atoms with Crippen LogP contribution in [-0.2, 0) is 0 Å². The van der Waals surface area contributed by atoms with Crippen LogP contribution in [0.15, 0.2) is 36.9 Å². The molecule has 0 unspecified atom stereocenters. The summed E-state index contributed by atoms with van der Waals surface area (Å²) in [5, 5.41) is 0. The number of rotatable bonds is 2. The fraction of sp³-hybridized carbons (Fsp3) is 0.429. The smallest absolute Gasteiger partial charge is 0.0274 e. The third-order valence-corrected chi connectivity index (χ3v) is 2.70. The van der Waals surface area contributed by atoms with Gasteiger partial charge in [0.25, 0.3) is 0 Å². The molecular formula is C14H24N2. The molecule has 0 aliphatic carbocycles. The van der Waals surface area contributed by atoms with Crippen molar-refractivity contribution in [2.75, 3.05) is 0 Å². The summed E-state index contributed by atoms with van der Waals surface area (Å²) in [6.45, 7) is 11.3. The van der Waals surface area contributed by atoms with E-state index in [-0.39, 0.29) is 11.1 Å². The Morgan fingerprint density at radius 1 is 0.938 bits per heavy atom. The zero-order valence-electron chi connectivity index (χ0n) is 10.8. The number of nitrogens with two attached hydrogens (primary N) is 2. The highest BCUT2D eigenvalue weighted by molar-refractivity contribution is 5.45. The molecule has 1 aromatic rings. The van der Waals surface area contributed by atoms with Crippen LogP contribution in [0.1, 0.15) is 33.3 Å². The third kappa shape index (κ3) is 5.69. The summed E-state index contributed by atoms with van der Waals surface area (Å²) in [7, 11) is 0. The maximum atomic E-state index is 5.69. The second-order valence-electron chi connectivity index (χ2n) is 5.06. The quantitative estimate of drug-likeness (QED) is 0.805. The first-order chi connectivity index (χ1) is 7.18. The Bertz CT molecular complexity index is 290. The molecule has 90 valence electrons. The Morgan fingerprint density at radius 2 is 1.31 bits per heavy atom. The highest BCUT2D eigenvalue weighted by Crippen LogP contribution is 2.13. The first-order valence-electron chi connectivity index (χ1n) is 5.43. The third-order valence-electron chi connectivity index (χ3n) is 2.70. The number of benzene rings is 1. The van der Waals surface area contributed by atoms with Crippen molar-refractivity contribution in [1.29, 1.82) is 0 Å². The lowest BCUT2D eigenvalue weighted by molar-refractivity contribution is 0.309. The van der Waals surface area contributed by atoms with Crippen LogP contribution >= 0.6 is 0 Å². The number of hydrogen-bond acceptors (Lipinski definition) is 2. The van der Waals surface area contributed by atoms with Crippen molar-refractivity contribution >= 4 is 6.08 Å². The van der Waals surface area contributed by atoms with E-state index >= 15 is 0 Å². The first-order valence-corrected chi connectivity index (χ1v) is 5.43. The Morgan fingerprint density at radius 3 is 1.50 bits per heavy atom. The van der Waals surface area contributed by atoms with Crippen LogP contribution in [0, 0.1) is 0 Å². The zero-order valence-corrected chi connectivity index (χ0v) is 10.8.